The first-order valence-electron chi connectivity index (χ1n) is 11.3. The zero-order chi connectivity index (χ0) is 24.8. The van der Waals surface area contributed by atoms with Crippen LogP contribution in [0.5, 0.6) is 0 Å². The van der Waals surface area contributed by atoms with E-state index in [0.29, 0.717) is 58.8 Å². The third kappa shape index (κ3) is 5.92. The number of halogens is 1. The number of carbonyl (C=O) groups is 2. The standard InChI is InChI=1S/C24H31FN4O3S2/c1-5-28(6-2)22(30)20-16(3)19(23(31)32-4)21(34-20)26-24(33)29-12-10-27(11-13-29)15-17-8-7-9-18(25)14-17/h7-9,14H,5-6,10-13,15H2,1-4H3,(H,26,33). The average molecular weight is 507 g/mol. The number of ether oxygens (including phenoxy) is 1. The Morgan fingerprint density at radius 2 is 1.88 bits per heavy atom. The molecule has 1 saturated heterocycles. The maximum Gasteiger partial charge on any atom is 0.341 e. The molecule has 3 rings (SSSR count). The molecule has 34 heavy (non-hydrogen) atoms. The van der Waals surface area contributed by atoms with Crippen LogP contribution in [0.4, 0.5) is 9.39 Å². The second-order valence-corrected chi connectivity index (χ2v) is 9.46. The maximum atomic E-state index is 13.5. The van der Waals surface area contributed by atoms with Crippen LogP contribution < -0.4 is 5.32 Å². The number of amides is 1. The predicted octanol–water partition coefficient (Wildman–Crippen LogP) is 3.98. The number of benzene rings is 1. The number of nitrogens with one attached hydrogen (secondary N) is 1. The lowest BCUT2D eigenvalue weighted by Gasteiger charge is -2.36. The Hall–Kier alpha value is -2.56. The molecule has 0 saturated carbocycles. The van der Waals surface area contributed by atoms with Crippen LogP contribution in [0.15, 0.2) is 24.3 Å². The van der Waals surface area contributed by atoms with Crippen LogP contribution in [-0.4, -0.2) is 78.1 Å². The summed E-state index contributed by atoms with van der Waals surface area (Å²) in [7, 11) is 1.32. The molecule has 1 aliphatic heterocycles. The molecule has 1 N–H and O–H groups in total. The van der Waals surface area contributed by atoms with E-state index >= 15 is 0 Å². The number of thiocarbonyl (C=S) groups is 1. The van der Waals surface area contributed by atoms with Gasteiger partial charge in [-0.15, -0.1) is 11.3 Å². The summed E-state index contributed by atoms with van der Waals surface area (Å²) in [5, 5.41) is 4.21. The van der Waals surface area contributed by atoms with Gasteiger partial charge in [0.2, 0.25) is 0 Å². The second-order valence-electron chi connectivity index (χ2n) is 8.05. The van der Waals surface area contributed by atoms with Gasteiger partial charge < -0.3 is 19.9 Å². The number of rotatable bonds is 7. The number of anilines is 1. The Morgan fingerprint density at radius 3 is 2.47 bits per heavy atom. The third-order valence-electron chi connectivity index (χ3n) is 5.96. The quantitative estimate of drug-likeness (QED) is 0.450. The molecule has 1 aliphatic rings. The van der Waals surface area contributed by atoms with Gasteiger partial charge in [-0.05, 0) is 56.2 Å². The fraction of sp³-hybridized carbons (Fsp3) is 0.458. The van der Waals surface area contributed by atoms with Crippen molar-refractivity contribution in [1.82, 2.24) is 14.7 Å². The van der Waals surface area contributed by atoms with Crippen LogP contribution >= 0.6 is 23.6 Å². The highest BCUT2D eigenvalue weighted by Crippen LogP contribution is 2.35. The Bertz CT molecular complexity index is 1050. The summed E-state index contributed by atoms with van der Waals surface area (Å²) in [6.45, 7) is 10.4. The van der Waals surface area contributed by atoms with Gasteiger partial charge in [0.25, 0.3) is 5.91 Å². The highest BCUT2D eigenvalue weighted by molar-refractivity contribution is 7.80. The minimum atomic E-state index is -0.502. The lowest BCUT2D eigenvalue weighted by molar-refractivity contribution is 0.0601. The van der Waals surface area contributed by atoms with Gasteiger partial charge in [0.15, 0.2) is 5.11 Å². The van der Waals surface area contributed by atoms with Crippen LogP contribution in [0, 0.1) is 12.7 Å². The van der Waals surface area contributed by atoms with E-state index in [1.807, 2.05) is 24.8 Å². The maximum absolute atomic E-state index is 13.5. The molecule has 7 nitrogen and oxygen atoms in total. The topological polar surface area (TPSA) is 65.1 Å². The van der Waals surface area contributed by atoms with Gasteiger partial charge in [0, 0.05) is 45.8 Å². The molecule has 1 fully saturated rings. The summed E-state index contributed by atoms with van der Waals surface area (Å²) in [5.41, 5.74) is 1.88. The molecular weight excluding hydrogens is 475 g/mol. The minimum absolute atomic E-state index is 0.109. The molecule has 0 radical (unpaired) electrons. The fourth-order valence-corrected chi connectivity index (χ4v) is 5.50. The molecular formula is C24H31FN4O3S2. The minimum Gasteiger partial charge on any atom is -0.465 e. The van der Waals surface area contributed by atoms with Crippen molar-refractivity contribution in [2.75, 3.05) is 51.7 Å². The van der Waals surface area contributed by atoms with Crippen molar-refractivity contribution in [1.29, 1.82) is 0 Å². The van der Waals surface area contributed by atoms with E-state index in [0.717, 1.165) is 18.7 Å². The van der Waals surface area contributed by atoms with Gasteiger partial charge in [-0.3, -0.25) is 9.69 Å². The van der Waals surface area contributed by atoms with Crippen LogP contribution in [-0.2, 0) is 11.3 Å². The molecule has 1 aromatic heterocycles. The molecule has 184 valence electrons. The number of carbonyl (C=O) groups excluding carboxylic acids is 2. The molecule has 0 unspecified atom stereocenters. The summed E-state index contributed by atoms with van der Waals surface area (Å²) >= 11 is 6.87. The number of methoxy groups -OCH3 is 1. The largest absolute Gasteiger partial charge is 0.465 e. The van der Waals surface area contributed by atoms with Crippen molar-refractivity contribution in [2.45, 2.75) is 27.3 Å². The summed E-state index contributed by atoms with van der Waals surface area (Å²) < 4.78 is 18.5. The summed E-state index contributed by atoms with van der Waals surface area (Å²) in [5.74, 6) is -0.840. The van der Waals surface area contributed by atoms with Gasteiger partial charge in [-0.2, -0.15) is 0 Å². The second kappa shape index (κ2) is 11.7. The number of nitrogens with zero attached hydrogens (tertiary/aromatic N) is 3. The predicted molar refractivity (Wildman–Crippen MR) is 137 cm³/mol. The number of hydrogen-bond donors (Lipinski definition) is 1. The van der Waals surface area contributed by atoms with Crippen molar-refractivity contribution in [3.63, 3.8) is 0 Å². The van der Waals surface area contributed by atoms with E-state index in [1.165, 1.54) is 24.5 Å². The molecule has 1 amide bonds. The van der Waals surface area contributed by atoms with Crippen LogP contribution in [0.3, 0.4) is 0 Å². The normalized spacial score (nSPS) is 14.1. The molecule has 0 atom stereocenters. The lowest BCUT2D eigenvalue weighted by Crippen LogP contribution is -2.49. The Morgan fingerprint density at radius 1 is 1.21 bits per heavy atom. The Balaban J connectivity index is 1.70. The van der Waals surface area contributed by atoms with Crippen molar-refractivity contribution in [3.05, 3.63) is 51.7 Å². The van der Waals surface area contributed by atoms with Gasteiger partial charge in [-0.25, -0.2) is 9.18 Å². The number of esters is 1. The summed E-state index contributed by atoms with van der Waals surface area (Å²) in [4.78, 5) is 32.0. The first-order chi connectivity index (χ1) is 16.3. The number of thiophene rings is 1. The van der Waals surface area contributed by atoms with E-state index in [9.17, 15) is 14.0 Å². The highest BCUT2D eigenvalue weighted by atomic mass is 32.1. The average Bonchev–Trinajstić information content (AvgIpc) is 3.15. The van der Waals surface area contributed by atoms with E-state index in [1.54, 1.807) is 24.0 Å². The first kappa shape index (κ1) is 26.1. The van der Waals surface area contributed by atoms with Gasteiger partial charge >= 0.3 is 5.97 Å². The van der Waals surface area contributed by atoms with Crippen molar-refractivity contribution >= 4 is 45.5 Å². The monoisotopic (exact) mass is 506 g/mol. The molecule has 0 spiro atoms. The molecule has 10 heteroatoms. The Kier molecular flexibility index (Phi) is 8.98. The van der Waals surface area contributed by atoms with Gasteiger partial charge in [0.05, 0.1) is 17.6 Å². The van der Waals surface area contributed by atoms with Gasteiger partial charge in [-0.1, -0.05) is 12.1 Å². The highest BCUT2D eigenvalue weighted by Gasteiger charge is 2.28. The summed E-state index contributed by atoms with van der Waals surface area (Å²) in [6, 6.07) is 6.65. The zero-order valence-electron chi connectivity index (χ0n) is 20.0. The number of piperazine rings is 1. The molecule has 0 bridgehead atoms. The molecule has 2 aromatic rings. The van der Waals surface area contributed by atoms with Crippen molar-refractivity contribution in [3.8, 4) is 0 Å². The number of hydrogen-bond acceptors (Lipinski definition) is 6. The van der Waals surface area contributed by atoms with Crippen molar-refractivity contribution < 1.29 is 18.7 Å². The van der Waals surface area contributed by atoms with Crippen LogP contribution in [0.1, 0.15) is 45.0 Å². The Labute approximate surface area is 209 Å². The van der Waals surface area contributed by atoms with E-state index in [4.69, 9.17) is 17.0 Å². The van der Waals surface area contributed by atoms with E-state index in [-0.39, 0.29) is 11.7 Å². The lowest BCUT2D eigenvalue weighted by atomic mass is 10.1. The molecule has 2 heterocycles. The molecule has 1 aromatic carbocycles. The van der Waals surface area contributed by atoms with Crippen molar-refractivity contribution in [2.24, 2.45) is 0 Å². The smallest absolute Gasteiger partial charge is 0.341 e. The van der Waals surface area contributed by atoms with Gasteiger partial charge in [0.1, 0.15) is 10.8 Å². The molecule has 0 aliphatic carbocycles. The third-order valence-corrected chi connectivity index (χ3v) is 7.51. The summed E-state index contributed by atoms with van der Waals surface area (Å²) in [6.07, 6.45) is 0. The first-order valence-corrected chi connectivity index (χ1v) is 12.5. The zero-order valence-corrected chi connectivity index (χ0v) is 21.7. The van der Waals surface area contributed by atoms with E-state index in [2.05, 4.69) is 10.2 Å². The van der Waals surface area contributed by atoms with Crippen LogP contribution in [0.2, 0.25) is 0 Å². The fourth-order valence-electron chi connectivity index (χ4n) is 3.99. The van der Waals surface area contributed by atoms with Crippen LogP contribution in [0.25, 0.3) is 0 Å². The SMILES string of the molecule is CCN(CC)C(=O)c1sc(NC(=S)N2CCN(Cc3cccc(F)c3)CC2)c(C(=O)OC)c1C. The van der Waals surface area contributed by atoms with E-state index < -0.39 is 5.97 Å².